The second kappa shape index (κ2) is 9.20. The van der Waals surface area contributed by atoms with Gasteiger partial charge in [0.15, 0.2) is 0 Å². The molecule has 0 saturated heterocycles. The number of hydrogen-bond acceptors (Lipinski definition) is 5. The molecule has 1 unspecified atom stereocenters. The highest BCUT2D eigenvalue weighted by atomic mass is 16.5. The van der Waals surface area contributed by atoms with Crippen LogP contribution in [0.4, 0.5) is 0 Å². The van der Waals surface area contributed by atoms with Crippen molar-refractivity contribution < 1.29 is 19.0 Å². The number of ether oxygens (including phenoxy) is 3. The van der Waals surface area contributed by atoms with Crippen molar-refractivity contribution in [2.75, 3.05) is 34.5 Å². The lowest BCUT2D eigenvalue weighted by atomic mass is 10.1. The standard InChI is InChI=1S/C15H24N2O4/c1-11(15(18)16-7-8-19-2)17-10-12-5-6-13(20-3)9-14(12)21-4/h5-6,9,11,17H,7-8,10H2,1-4H3,(H,16,18). The van der Waals surface area contributed by atoms with Gasteiger partial charge >= 0.3 is 0 Å². The molecule has 1 rings (SSSR count). The van der Waals surface area contributed by atoms with Gasteiger partial charge in [-0.1, -0.05) is 6.07 Å². The van der Waals surface area contributed by atoms with E-state index in [1.54, 1.807) is 21.3 Å². The molecule has 0 aliphatic heterocycles. The van der Waals surface area contributed by atoms with Crippen LogP contribution in [0.15, 0.2) is 18.2 Å². The number of nitrogens with one attached hydrogen (secondary N) is 2. The molecule has 6 heteroatoms. The second-order valence-corrected chi connectivity index (χ2v) is 4.56. The Bertz CT molecular complexity index is 451. The highest BCUT2D eigenvalue weighted by Gasteiger charge is 2.13. The van der Waals surface area contributed by atoms with Crippen molar-refractivity contribution in [3.63, 3.8) is 0 Å². The van der Waals surface area contributed by atoms with Gasteiger partial charge in [-0.3, -0.25) is 4.79 Å². The van der Waals surface area contributed by atoms with E-state index in [0.717, 1.165) is 17.1 Å². The van der Waals surface area contributed by atoms with Crippen LogP contribution in [0.3, 0.4) is 0 Å². The van der Waals surface area contributed by atoms with Gasteiger partial charge in [0.25, 0.3) is 0 Å². The van der Waals surface area contributed by atoms with E-state index in [2.05, 4.69) is 10.6 Å². The molecule has 0 aliphatic carbocycles. The second-order valence-electron chi connectivity index (χ2n) is 4.56. The zero-order chi connectivity index (χ0) is 15.7. The first-order chi connectivity index (χ1) is 10.1. The molecule has 0 bridgehead atoms. The summed E-state index contributed by atoms with van der Waals surface area (Å²) in [6.45, 7) is 3.36. The Morgan fingerprint density at radius 3 is 2.62 bits per heavy atom. The van der Waals surface area contributed by atoms with Crippen LogP contribution in [0.2, 0.25) is 0 Å². The van der Waals surface area contributed by atoms with Crippen LogP contribution in [0.1, 0.15) is 12.5 Å². The lowest BCUT2D eigenvalue weighted by molar-refractivity contribution is -0.122. The van der Waals surface area contributed by atoms with Gasteiger partial charge in [0.2, 0.25) is 5.91 Å². The fourth-order valence-corrected chi connectivity index (χ4v) is 1.78. The van der Waals surface area contributed by atoms with Gasteiger partial charge in [0.1, 0.15) is 11.5 Å². The minimum absolute atomic E-state index is 0.0560. The highest BCUT2D eigenvalue weighted by Crippen LogP contribution is 2.24. The third-order valence-corrected chi connectivity index (χ3v) is 3.09. The molecule has 2 N–H and O–H groups in total. The van der Waals surface area contributed by atoms with Crippen molar-refractivity contribution in [1.82, 2.24) is 10.6 Å². The van der Waals surface area contributed by atoms with E-state index < -0.39 is 0 Å². The number of benzene rings is 1. The number of rotatable bonds is 9. The van der Waals surface area contributed by atoms with E-state index in [4.69, 9.17) is 14.2 Å². The van der Waals surface area contributed by atoms with Gasteiger partial charge in [-0.2, -0.15) is 0 Å². The Balaban J connectivity index is 2.52. The smallest absolute Gasteiger partial charge is 0.236 e. The zero-order valence-corrected chi connectivity index (χ0v) is 13.1. The third-order valence-electron chi connectivity index (χ3n) is 3.09. The van der Waals surface area contributed by atoms with Crippen LogP contribution in [0.25, 0.3) is 0 Å². The Morgan fingerprint density at radius 1 is 1.24 bits per heavy atom. The number of methoxy groups -OCH3 is 3. The zero-order valence-electron chi connectivity index (χ0n) is 13.1. The van der Waals surface area contributed by atoms with Gasteiger partial charge < -0.3 is 24.8 Å². The van der Waals surface area contributed by atoms with E-state index in [1.165, 1.54) is 0 Å². The summed E-state index contributed by atoms with van der Waals surface area (Å²) in [5.41, 5.74) is 0.967. The van der Waals surface area contributed by atoms with E-state index in [0.29, 0.717) is 19.7 Å². The molecule has 0 saturated carbocycles. The molecule has 1 amide bonds. The molecule has 21 heavy (non-hydrogen) atoms. The minimum Gasteiger partial charge on any atom is -0.497 e. The molecule has 118 valence electrons. The van der Waals surface area contributed by atoms with Crippen LogP contribution in [0, 0.1) is 0 Å². The molecule has 1 aromatic carbocycles. The molecule has 1 atom stereocenters. The molecular weight excluding hydrogens is 272 g/mol. The predicted molar refractivity (Wildman–Crippen MR) is 80.7 cm³/mol. The maximum Gasteiger partial charge on any atom is 0.236 e. The molecule has 6 nitrogen and oxygen atoms in total. The Kier molecular flexibility index (Phi) is 7.56. The number of carbonyl (C=O) groups is 1. The first-order valence-corrected chi connectivity index (χ1v) is 6.83. The van der Waals surface area contributed by atoms with Crippen molar-refractivity contribution in [1.29, 1.82) is 0 Å². The van der Waals surface area contributed by atoms with Crippen LogP contribution in [-0.4, -0.2) is 46.4 Å². The van der Waals surface area contributed by atoms with Gasteiger partial charge in [0.05, 0.1) is 26.9 Å². The van der Waals surface area contributed by atoms with Gasteiger partial charge in [-0.25, -0.2) is 0 Å². The summed E-state index contributed by atoms with van der Waals surface area (Å²) < 4.78 is 15.4. The van der Waals surface area contributed by atoms with Gasteiger partial charge in [-0.05, 0) is 13.0 Å². The molecule has 0 aromatic heterocycles. The largest absolute Gasteiger partial charge is 0.497 e. The van der Waals surface area contributed by atoms with E-state index in [-0.39, 0.29) is 11.9 Å². The van der Waals surface area contributed by atoms with Crippen molar-refractivity contribution >= 4 is 5.91 Å². The monoisotopic (exact) mass is 296 g/mol. The Hall–Kier alpha value is -1.79. The summed E-state index contributed by atoms with van der Waals surface area (Å²) in [6.07, 6.45) is 0. The van der Waals surface area contributed by atoms with E-state index >= 15 is 0 Å². The maximum absolute atomic E-state index is 11.8. The topological polar surface area (TPSA) is 68.8 Å². The van der Waals surface area contributed by atoms with E-state index in [9.17, 15) is 4.79 Å². The van der Waals surface area contributed by atoms with Gasteiger partial charge in [-0.15, -0.1) is 0 Å². The van der Waals surface area contributed by atoms with Crippen LogP contribution in [0.5, 0.6) is 11.5 Å². The molecule has 0 heterocycles. The van der Waals surface area contributed by atoms with Gasteiger partial charge in [0, 0.05) is 31.8 Å². The summed E-state index contributed by atoms with van der Waals surface area (Å²) >= 11 is 0. The lowest BCUT2D eigenvalue weighted by Gasteiger charge is -2.16. The summed E-state index contributed by atoms with van der Waals surface area (Å²) in [4.78, 5) is 11.8. The summed E-state index contributed by atoms with van der Waals surface area (Å²) in [5, 5.41) is 5.95. The number of hydrogen-bond donors (Lipinski definition) is 2. The normalized spacial score (nSPS) is 11.8. The molecular formula is C15H24N2O4. The van der Waals surface area contributed by atoms with Crippen LogP contribution >= 0.6 is 0 Å². The SMILES string of the molecule is COCCNC(=O)C(C)NCc1ccc(OC)cc1OC. The Morgan fingerprint density at radius 2 is 2.00 bits per heavy atom. The molecule has 0 fully saturated rings. The average molecular weight is 296 g/mol. The summed E-state index contributed by atoms with van der Waals surface area (Å²) in [7, 11) is 4.82. The molecule has 1 aromatic rings. The average Bonchev–Trinajstić information content (AvgIpc) is 2.52. The van der Waals surface area contributed by atoms with Crippen LogP contribution in [-0.2, 0) is 16.1 Å². The number of amides is 1. The van der Waals surface area contributed by atoms with Crippen molar-refractivity contribution in [2.24, 2.45) is 0 Å². The summed E-state index contributed by atoms with van der Waals surface area (Å²) in [5.74, 6) is 1.41. The predicted octanol–water partition coefficient (Wildman–Crippen LogP) is 0.945. The maximum atomic E-state index is 11.8. The van der Waals surface area contributed by atoms with Crippen molar-refractivity contribution in [3.05, 3.63) is 23.8 Å². The van der Waals surface area contributed by atoms with Crippen molar-refractivity contribution in [3.8, 4) is 11.5 Å². The minimum atomic E-state index is -0.298. The van der Waals surface area contributed by atoms with Crippen LogP contribution < -0.4 is 20.1 Å². The lowest BCUT2D eigenvalue weighted by Crippen LogP contribution is -2.42. The summed E-state index contributed by atoms with van der Waals surface area (Å²) in [6, 6.07) is 5.30. The first kappa shape index (κ1) is 17.3. The quantitative estimate of drug-likeness (QED) is 0.664. The van der Waals surface area contributed by atoms with Crippen molar-refractivity contribution in [2.45, 2.75) is 19.5 Å². The third kappa shape index (κ3) is 5.61. The van der Waals surface area contributed by atoms with E-state index in [1.807, 2.05) is 25.1 Å². The number of carbonyl (C=O) groups excluding carboxylic acids is 1. The Labute approximate surface area is 125 Å². The molecule has 0 aliphatic rings. The molecule has 0 radical (unpaired) electrons. The highest BCUT2D eigenvalue weighted by molar-refractivity contribution is 5.81. The fraction of sp³-hybridized carbons (Fsp3) is 0.533. The fourth-order valence-electron chi connectivity index (χ4n) is 1.78. The first-order valence-electron chi connectivity index (χ1n) is 6.83. The molecule has 0 spiro atoms.